The predicted molar refractivity (Wildman–Crippen MR) is 103 cm³/mol. The molecular weight excluding hydrogens is 342 g/mol. The minimum absolute atomic E-state index is 0.0659. The van der Waals surface area contributed by atoms with E-state index in [-0.39, 0.29) is 6.10 Å². The van der Waals surface area contributed by atoms with E-state index in [1.807, 2.05) is 30.3 Å². The minimum atomic E-state index is 0.0659. The van der Waals surface area contributed by atoms with Gasteiger partial charge in [0.1, 0.15) is 11.6 Å². The second-order valence-electron chi connectivity index (χ2n) is 6.61. The molecule has 1 aliphatic rings. The van der Waals surface area contributed by atoms with E-state index in [0.29, 0.717) is 18.3 Å². The Bertz CT molecular complexity index is 1090. The van der Waals surface area contributed by atoms with Crippen LogP contribution in [0.15, 0.2) is 48.8 Å². The van der Waals surface area contributed by atoms with Gasteiger partial charge in [-0.3, -0.25) is 10.1 Å². The summed E-state index contributed by atoms with van der Waals surface area (Å²) >= 11 is 0. The number of H-pyrrole nitrogens is 1. The van der Waals surface area contributed by atoms with Crippen molar-refractivity contribution < 1.29 is 9.47 Å². The van der Waals surface area contributed by atoms with Crippen LogP contribution in [0.1, 0.15) is 12.8 Å². The molecule has 0 radical (unpaired) electrons. The van der Waals surface area contributed by atoms with Crippen molar-refractivity contribution in [2.24, 2.45) is 0 Å². The van der Waals surface area contributed by atoms with E-state index < -0.39 is 0 Å². The Morgan fingerprint density at radius 2 is 2.15 bits per heavy atom. The topological polar surface area (TPSA) is 85.0 Å². The summed E-state index contributed by atoms with van der Waals surface area (Å²) in [4.78, 5) is 8.80. The third-order valence-electron chi connectivity index (χ3n) is 4.71. The normalized spacial score (nSPS) is 17.3. The number of nitrogens with zero attached hydrogens (tertiary/aromatic N) is 3. The zero-order chi connectivity index (χ0) is 18.1. The number of nitrogens with one attached hydrogen (secondary N) is 2. The molecule has 0 unspecified atom stereocenters. The summed E-state index contributed by atoms with van der Waals surface area (Å²) in [6.45, 7) is 1.44. The first kappa shape index (κ1) is 16.0. The summed E-state index contributed by atoms with van der Waals surface area (Å²) < 4.78 is 11.6. The van der Waals surface area contributed by atoms with Gasteiger partial charge < -0.3 is 14.8 Å². The predicted octanol–water partition coefficient (Wildman–Crippen LogP) is 3.81. The first-order chi connectivity index (χ1) is 13.4. The molecule has 5 rings (SSSR count). The maximum Gasteiger partial charge on any atom is 0.221 e. The molecular formula is C20H19N5O2. The fraction of sp³-hybridized carbons (Fsp3) is 0.250. The highest BCUT2D eigenvalue weighted by molar-refractivity contribution is 5.92. The van der Waals surface area contributed by atoms with Crippen molar-refractivity contribution in [3.05, 3.63) is 48.8 Å². The largest absolute Gasteiger partial charge is 0.471 e. The quantitative estimate of drug-likeness (QED) is 0.575. The van der Waals surface area contributed by atoms with Crippen LogP contribution in [-0.2, 0) is 4.74 Å². The Morgan fingerprint density at radius 1 is 1.15 bits per heavy atom. The van der Waals surface area contributed by atoms with E-state index in [1.165, 1.54) is 0 Å². The molecule has 0 aliphatic carbocycles. The lowest BCUT2D eigenvalue weighted by atomic mass is 10.1. The lowest BCUT2D eigenvalue weighted by Gasteiger charge is -2.23. The Kier molecular flexibility index (Phi) is 4.06. The van der Waals surface area contributed by atoms with Crippen molar-refractivity contribution in [3.8, 4) is 5.88 Å². The van der Waals surface area contributed by atoms with E-state index in [9.17, 15) is 0 Å². The van der Waals surface area contributed by atoms with Gasteiger partial charge >= 0.3 is 0 Å². The van der Waals surface area contributed by atoms with Gasteiger partial charge in [0.05, 0.1) is 12.1 Å². The van der Waals surface area contributed by atoms with Gasteiger partial charge in [-0.1, -0.05) is 0 Å². The fourth-order valence-electron chi connectivity index (χ4n) is 3.36. The van der Waals surface area contributed by atoms with Crippen molar-refractivity contribution in [3.63, 3.8) is 0 Å². The molecule has 1 fully saturated rings. The van der Waals surface area contributed by atoms with Crippen LogP contribution in [0.25, 0.3) is 21.8 Å². The monoisotopic (exact) mass is 361 g/mol. The average Bonchev–Trinajstić information content (AvgIpc) is 3.12. The number of aromatic nitrogens is 4. The molecule has 0 spiro atoms. The molecule has 1 saturated heterocycles. The van der Waals surface area contributed by atoms with Gasteiger partial charge in [-0.25, -0.2) is 4.98 Å². The highest BCUT2D eigenvalue weighted by Crippen LogP contribution is 2.29. The number of anilines is 2. The van der Waals surface area contributed by atoms with Gasteiger partial charge in [0.25, 0.3) is 0 Å². The van der Waals surface area contributed by atoms with Gasteiger partial charge in [0.15, 0.2) is 5.82 Å². The molecule has 4 heterocycles. The second-order valence-corrected chi connectivity index (χ2v) is 6.61. The zero-order valence-corrected chi connectivity index (χ0v) is 14.7. The van der Waals surface area contributed by atoms with Crippen LogP contribution in [0.4, 0.5) is 11.5 Å². The number of rotatable bonds is 4. The summed E-state index contributed by atoms with van der Waals surface area (Å²) in [5.41, 5.74) is 2.64. The van der Waals surface area contributed by atoms with Crippen LogP contribution >= 0.6 is 0 Å². The van der Waals surface area contributed by atoms with Crippen LogP contribution in [-0.4, -0.2) is 39.5 Å². The summed E-state index contributed by atoms with van der Waals surface area (Å²) in [5, 5.41) is 12.7. The van der Waals surface area contributed by atoms with Crippen LogP contribution in [0.3, 0.4) is 0 Å². The van der Waals surface area contributed by atoms with Crippen LogP contribution < -0.4 is 10.1 Å². The van der Waals surface area contributed by atoms with Gasteiger partial charge in [-0.2, -0.15) is 5.10 Å². The van der Waals surface area contributed by atoms with Crippen molar-refractivity contribution in [1.29, 1.82) is 0 Å². The number of pyridine rings is 2. The molecule has 7 heteroatoms. The Morgan fingerprint density at radius 3 is 3.07 bits per heavy atom. The second kappa shape index (κ2) is 6.85. The summed E-state index contributed by atoms with van der Waals surface area (Å²) in [6.07, 6.45) is 5.62. The van der Waals surface area contributed by atoms with Crippen molar-refractivity contribution in [2.45, 2.75) is 18.9 Å². The molecule has 136 valence electrons. The first-order valence-corrected chi connectivity index (χ1v) is 9.06. The van der Waals surface area contributed by atoms with Crippen LogP contribution in [0, 0.1) is 0 Å². The zero-order valence-electron chi connectivity index (χ0n) is 14.7. The number of hydrogen-bond donors (Lipinski definition) is 2. The highest BCUT2D eigenvalue weighted by atomic mass is 16.5. The number of hydrogen-bond acceptors (Lipinski definition) is 6. The number of benzene rings is 1. The van der Waals surface area contributed by atoms with E-state index in [0.717, 1.165) is 46.9 Å². The summed E-state index contributed by atoms with van der Waals surface area (Å²) in [7, 11) is 0. The van der Waals surface area contributed by atoms with Gasteiger partial charge in [-0.15, -0.1) is 0 Å². The molecule has 3 aromatic heterocycles. The smallest absolute Gasteiger partial charge is 0.221 e. The third kappa shape index (κ3) is 3.17. The summed E-state index contributed by atoms with van der Waals surface area (Å²) in [6, 6.07) is 11.9. The third-order valence-corrected chi connectivity index (χ3v) is 4.71. The van der Waals surface area contributed by atoms with Gasteiger partial charge in [-0.05, 0) is 54.6 Å². The van der Waals surface area contributed by atoms with E-state index in [1.54, 1.807) is 12.4 Å². The number of ether oxygens (including phenoxy) is 2. The molecule has 2 N–H and O–H groups in total. The minimum Gasteiger partial charge on any atom is -0.471 e. The van der Waals surface area contributed by atoms with Crippen LogP contribution in [0.2, 0.25) is 0 Å². The molecule has 4 aromatic rings. The summed E-state index contributed by atoms with van der Waals surface area (Å²) in [5.74, 6) is 1.36. The van der Waals surface area contributed by atoms with E-state index in [4.69, 9.17) is 9.47 Å². The van der Waals surface area contributed by atoms with Crippen molar-refractivity contribution in [1.82, 2.24) is 20.2 Å². The standard InChI is InChI=1S/C20H19N5O2/c1-4-17-18(21-8-1)19(25-24-17)23-14-5-6-16-13(11-14)7-9-22-20(16)27-15-3-2-10-26-12-15/h1,4-9,11,15H,2-3,10,12H2,(H2,23,24,25)/t15-/m1/s1. The average molecular weight is 361 g/mol. The van der Waals surface area contributed by atoms with E-state index in [2.05, 4.69) is 31.5 Å². The molecule has 1 aliphatic heterocycles. The number of fused-ring (bicyclic) bond motifs is 2. The Hall–Kier alpha value is -3.19. The Labute approximate surface area is 155 Å². The maximum absolute atomic E-state index is 6.09. The van der Waals surface area contributed by atoms with Gasteiger partial charge in [0.2, 0.25) is 5.88 Å². The molecule has 0 saturated carbocycles. The molecule has 27 heavy (non-hydrogen) atoms. The maximum atomic E-state index is 6.09. The number of aromatic amines is 1. The molecule has 0 bridgehead atoms. The molecule has 7 nitrogen and oxygen atoms in total. The van der Waals surface area contributed by atoms with E-state index >= 15 is 0 Å². The van der Waals surface area contributed by atoms with Crippen LogP contribution in [0.5, 0.6) is 5.88 Å². The lowest BCUT2D eigenvalue weighted by Crippen LogP contribution is -2.28. The molecule has 1 atom stereocenters. The molecule has 0 amide bonds. The highest BCUT2D eigenvalue weighted by Gasteiger charge is 2.17. The lowest BCUT2D eigenvalue weighted by molar-refractivity contribution is 0.00623. The fourth-order valence-corrected chi connectivity index (χ4v) is 3.36. The van der Waals surface area contributed by atoms with Crippen molar-refractivity contribution >= 4 is 33.3 Å². The molecule has 1 aromatic carbocycles. The van der Waals surface area contributed by atoms with Gasteiger partial charge in [0, 0.05) is 30.1 Å². The Balaban J connectivity index is 1.43. The SMILES string of the molecule is c1cnc2c(Nc3ccc4c(O[C@@H]5CCCOC5)nccc4c3)n[nH]c2c1. The first-order valence-electron chi connectivity index (χ1n) is 9.06. The van der Waals surface area contributed by atoms with Crippen molar-refractivity contribution in [2.75, 3.05) is 18.5 Å².